The van der Waals surface area contributed by atoms with Crippen LogP contribution in [0.5, 0.6) is 0 Å². The molecular weight excluding hydrogens is 392 g/mol. The van der Waals surface area contributed by atoms with Gasteiger partial charge in [-0.3, -0.25) is 14.5 Å². The highest BCUT2D eigenvalue weighted by Crippen LogP contribution is 2.47. The number of para-hydroxylation sites is 2. The van der Waals surface area contributed by atoms with Crippen molar-refractivity contribution in [3.8, 4) is 0 Å². The van der Waals surface area contributed by atoms with Crippen LogP contribution < -0.4 is 10.2 Å². The van der Waals surface area contributed by atoms with Crippen LogP contribution in [0.3, 0.4) is 0 Å². The zero-order chi connectivity index (χ0) is 21.4. The number of carbonyl (C=O) groups is 2. The predicted octanol–water partition coefficient (Wildman–Crippen LogP) is 2.50. The Balaban J connectivity index is 1.60. The van der Waals surface area contributed by atoms with E-state index < -0.39 is 5.66 Å². The minimum absolute atomic E-state index is 0.0830. The molecule has 5 rings (SSSR count). The number of amides is 2. The van der Waals surface area contributed by atoms with Gasteiger partial charge in [0.25, 0.3) is 11.8 Å². The molecule has 162 valence electrons. The fourth-order valence-corrected chi connectivity index (χ4v) is 4.94. The molecule has 3 aliphatic heterocycles. The van der Waals surface area contributed by atoms with Gasteiger partial charge in [0.2, 0.25) is 5.66 Å². The van der Waals surface area contributed by atoms with Crippen molar-refractivity contribution in [3.05, 3.63) is 59.7 Å². The van der Waals surface area contributed by atoms with Crippen LogP contribution >= 0.6 is 0 Å². The molecule has 2 aromatic rings. The van der Waals surface area contributed by atoms with E-state index in [2.05, 4.69) is 17.1 Å². The number of carbonyl (C=O) groups excluding carboxylic acids is 2. The number of hydrogen-bond donors (Lipinski definition) is 1. The fraction of sp³-hybridized carbons (Fsp3) is 0.417. The van der Waals surface area contributed by atoms with Crippen LogP contribution in [0.4, 0.5) is 11.4 Å². The highest BCUT2D eigenvalue weighted by Gasteiger charge is 2.58. The lowest BCUT2D eigenvalue weighted by Gasteiger charge is -2.45. The normalized spacial score (nSPS) is 23.1. The molecule has 2 aromatic carbocycles. The number of nitrogens with one attached hydrogen (secondary N) is 1. The standard InChI is InChI=1S/C24H28N4O3/c1-2-11-27-21-10-6-4-8-19(21)24(23(27)30)25-20-9-5-3-7-18(20)22(29)28(24)13-12-26-14-16-31-17-15-26/h3-10,25H,2,11-17H2,1H3. The van der Waals surface area contributed by atoms with Gasteiger partial charge in [-0.2, -0.15) is 0 Å². The van der Waals surface area contributed by atoms with Gasteiger partial charge < -0.3 is 19.9 Å². The first-order chi connectivity index (χ1) is 15.2. The number of fused-ring (bicyclic) bond motifs is 3. The molecule has 1 atom stereocenters. The summed E-state index contributed by atoms with van der Waals surface area (Å²) in [5, 5.41) is 3.51. The average molecular weight is 421 g/mol. The first-order valence-corrected chi connectivity index (χ1v) is 11.1. The summed E-state index contributed by atoms with van der Waals surface area (Å²) < 4.78 is 5.46. The van der Waals surface area contributed by atoms with Crippen LogP contribution in [-0.4, -0.2) is 67.6 Å². The molecule has 3 aliphatic rings. The van der Waals surface area contributed by atoms with E-state index >= 15 is 0 Å². The molecule has 31 heavy (non-hydrogen) atoms. The second kappa shape index (κ2) is 7.98. The number of benzene rings is 2. The van der Waals surface area contributed by atoms with E-state index in [-0.39, 0.29) is 11.8 Å². The van der Waals surface area contributed by atoms with Gasteiger partial charge in [-0.15, -0.1) is 0 Å². The maximum atomic E-state index is 14.0. The number of morpholine rings is 1. The number of ether oxygens (including phenoxy) is 1. The predicted molar refractivity (Wildman–Crippen MR) is 119 cm³/mol. The van der Waals surface area contributed by atoms with Gasteiger partial charge in [-0.05, 0) is 24.6 Å². The molecule has 3 heterocycles. The van der Waals surface area contributed by atoms with E-state index in [1.807, 2.05) is 53.4 Å². The zero-order valence-corrected chi connectivity index (χ0v) is 17.8. The first-order valence-electron chi connectivity index (χ1n) is 11.1. The monoisotopic (exact) mass is 420 g/mol. The maximum absolute atomic E-state index is 14.0. The van der Waals surface area contributed by atoms with Gasteiger partial charge in [0.1, 0.15) is 0 Å². The molecule has 1 saturated heterocycles. The summed E-state index contributed by atoms with van der Waals surface area (Å²) in [4.78, 5) is 33.6. The van der Waals surface area contributed by atoms with E-state index in [1.165, 1.54) is 0 Å². The molecule has 7 nitrogen and oxygen atoms in total. The molecule has 1 fully saturated rings. The smallest absolute Gasteiger partial charge is 0.278 e. The Hall–Kier alpha value is -2.90. The van der Waals surface area contributed by atoms with Gasteiger partial charge in [-0.25, -0.2) is 0 Å². The molecule has 7 heteroatoms. The van der Waals surface area contributed by atoms with Crippen molar-refractivity contribution in [2.45, 2.75) is 19.0 Å². The summed E-state index contributed by atoms with van der Waals surface area (Å²) in [5.74, 6) is -0.190. The van der Waals surface area contributed by atoms with Crippen molar-refractivity contribution in [3.63, 3.8) is 0 Å². The van der Waals surface area contributed by atoms with E-state index in [0.717, 1.165) is 30.8 Å². The van der Waals surface area contributed by atoms with Gasteiger partial charge in [0.05, 0.1) is 24.5 Å². The minimum Gasteiger partial charge on any atom is -0.379 e. The maximum Gasteiger partial charge on any atom is 0.278 e. The van der Waals surface area contributed by atoms with E-state index in [4.69, 9.17) is 4.74 Å². The highest BCUT2D eigenvalue weighted by molar-refractivity contribution is 6.15. The third-order valence-corrected chi connectivity index (χ3v) is 6.45. The topological polar surface area (TPSA) is 65.1 Å². The zero-order valence-electron chi connectivity index (χ0n) is 17.8. The summed E-state index contributed by atoms with van der Waals surface area (Å²) in [5.41, 5.74) is 1.82. The largest absolute Gasteiger partial charge is 0.379 e. The third-order valence-electron chi connectivity index (χ3n) is 6.45. The Labute approximate surface area is 182 Å². The Morgan fingerprint density at radius 1 is 0.968 bits per heavy atom. The third kappa shape index (κ3) is 3.11. The minimum atomic E-state index is -1.22. The van der Waals surface area contributed by atoms with Crippen LogP contribution in [0.2, 0.25) is 0 Å². The van der Waals surface area contributed by atoms with E-state index in [0.29, 0.717) is 44.1 Å². The van der Waals surface area contributed by atoms with Crippen molar-refractivity contribution >= 4 is 23.2 Å². The van der Waals surface area contributed by atoms with Gasteiger partial charge in [0.15, 0.2) is 0 Å². The lowest BCUT2D eigenvalue weighted by molar-refractivity contribution is -0.127. The molecule has 0 bridgehead atoms. The molecule has 0 radical (unpaired) electrons. The SMILES string of the molecule is CCCN1C(=O)C2(Nc3ccccc3C(=O)N2CCN2CCOCC2)c2ccccc21. The molecule has 0 aliphatic carbocycles. The molecule has 1 unspecified atom stereocenters. The number of nitrogens with zero attached hydrogens (tertiary/aromatic N) is 3. The van der Waals surface area contributed by atoms with Crippen molar-refractivity contribution in [2.24, 2.45) is 0 Å². The van der Waals surface area contributed by atoms with Crippen molar-refractivity contribution in [1.29, 1.82) is 0 Å². The Bertz CT molecular complexity index is 1000. The molecule has 0 aromatic heterocycles. The van der Waals surface area contributed by atoms with E-state index in [9.17, 15) is 9.59 Å². The van der Waals surface area contributed by atoms with Gasteiger partial charge in [0, 0.05) is 44.0 Å². The van der Waals surface area contributed by atoms with Crippen LogP contribution in [0.15, 0.2) is 48.5 Å². The Morgan fingerprint density at radius 2 is 1.71 bits per heavy atom. The summed E-state index contributed by atoms with van der Waals surface area (Å²) in [7, 11) is 0. The molecular formula is C24H28N4O3. The number of rotatable bonds is 5. The highest BCUT2D eigenvalue weighted by atomic mass is 16.5. The van der Waals surface area contributed by atoms with Crippen LogP contribution in [0, 0.1) is 0 Å². The second-order valence-electron chi connectivity index (χ2n) is 8.27. The number of anilines is 2. The summed E-state index contributed by atoms with van der Waals surface area (Å²) in [6.07, 6.45) is 0.842. The lowest BCUT2D eigenvalue weighted by atomic mass is 9.93. The van der Waals surface area contributed by atoms with Gasteiger partial charge in [-0.1, -0.05) is 37.3 Å². The quantitative estimate of drug-likeness (QED) is 0.805. The Kier molecular flexibility index (Phi) is 5.16. The summed E-state index contributed by atoms with van der Waals surface area (Å²) in [6.45, 7) is 6.91. The molecule has 1 N–H and O–H groups in total. The van der Waals surface area contributed by atoms with Crippen molar-refractivity contribution in [2.75, 3.05) is 56.2 Å². The first kappa shape index (κ1) is 20.0. The van der Waals surface area contributed by atoms with Crippen molar-refractivity contribution in [1.82, 2.24) is 9.80 Å². The summed E-state index contributed by atoms with van der Waals surface area (Å²) in [6, 6.07) is 15.3. The second-order valence-corrected chi connectivity index (χ2v) is 8.27. The number of hydrogen-bond acceptors (Lipinski definition) is 5. The van der Waals surface area contributed by atoms with E-state index in [1.54, 1.807) is 4.90 Å². The van der Waals surface area contributed by atoms with Crippen LogP contribution in [-0.2, 0) is 15.2 Å². The molecule has 1 spiro atoms. The lowest BCUT2D eigenvalue weighted by Crippen LogP contribution is -2.63. The van der Waals surface area contributed by atoms with Gasteiger partial charge >= 0.3 is 0 Å². The average Bonchev–Trinajstić information content (AvgIpc) is 3.03. The molecule has 0 saturated carbocycles. The Morgan fingerprint density at radius 3 is 2.52 bits per heavy atom. The summed E-state index contributed by atoms with van der Waals surface area (Å²) >= 11 is 0. The van der Waals surface area contributed by atoms with Crippen molar-refractivity contribution < 1.29 is 14.3 Å². The molecule has 2 amide bonds. The fourth-order valence-electron chi connectivity index (χ4n) is 4.94. The van der Waals surface area contributed by atoms with Crippen LogP contribution in [0.25, 0.3) is 0 Å². The van der Waals surface area contributed by atoms with Crippen LogP contribution in [0.1, 0.15) is 29.3 Å².